The molecule has 4 nitrogen and oxygen atoms in total. The van der Waals surface area contributed by atoms with Crippen molar-refractivity contribution in [3.05, 3.63) is 17.5 Å². The Bertz CT molecular complexity index is 301. The van der Waals surface area contributed by atoms with E-state index in [-0.39, 0.29) is 0 Å². The normalized spacial score (nSPS) is 11.7. The number of allylic oxidation sites excluding steroid dienone is 1. The van der Waals surface area contributed by atoms with Crippen LogP contribution in [0.1, 0.15) is 19.0 Å². The summed E-state index contributed by atoms with van der Waals surface area (Å²) in [7, 11) is 1.79. The molecule has 0 saturated carbocycles. The Morgan fingerprint density at radius 3 is 2.92 bits per heavy atom. The number of aryl methyl sites for hydroxylation is 1. The van der Waals surface area contributed by atoms with Crippen molar-refractivity contribution in [3.8, 4) is 0 Å². The topological polar surface area (TPSA) is 47.8 Å². The second kappa shape index (κ2) is 3.80. The van der Waals surface area contributed by atoms with Gasteiger partial charge in [0, 0.05) is 7.05 Å². The molecule has 0 aliphatic carbocycles. The van der Waals surface area contributed by atoms with Gasteiger partial charge in [0.2, 0.25) is 0 Å². The minimum atomic E-state index is 0.722. The van der Waals surface area contributed by atoms with Crippen LogP contribution in [0.5, 0.6) is 0 Å². The standard InChI is InChI=1S/C8H11N3O/c1-3-7(6-12)4-8-5-11(2)10-9-8/h4-6H,3H2,1-2H3/b7-4+. The molecule has 0 aromatic carbocycles. The van der Waals surface area contributed by atoms with Gasteiger partial charge in [0.05, 0.1) is 6.20 Å². The lowest BCUT2D eigenvalue weighted by Gasteiger charge is -1.88. The molecule has 0 amide bonds. The van der Waals surface area contributed by atoms with Crippen LogP contribution in [0.15, 0.2) is 11.8 Å². The maximum absolute atomic E-state index is 10.4. The van der Waals surface area contributed by atoms with Gasteiger partial charge in [0.15, 0.2) is 0 Å². The van der Waals surface area contributed by atoms with Gasteiger partial charge in [-0.05, 0) is 18.1 Å². The van der Waals surface area contributed by atoms with Crippen LogP contribution in [0.2, 0.25) is 0 Å². The largest absolute Gasteiger partial charge is 0.298 e. The molecule has 0 aliphatic rings. The summed E-state index contributed by atoms with van der Waals surface area (Å²) in [5.41, 5.74) is 1.46. The van der Waals surface area contributed by atoms with Crippen LogP contribution in [0.25, 0.3) is 6.08 Å². The third-order valence-electron chi connectivity index (χ3n) is 1.51. The molecule has 1 heterocycles. The predicted octanol–water partition coefficient (Wildman–Crippen LogP) is 0.807. The maximum Gasteiger partial charge on any atom is 0.146 e. The molecule has 0 aliphatic heterocycles. The van der Waals surface area contributed by atoms with Gasteiger partial charge in [-0.1, -0.05) is 12.1 Å². The van der Waals surface area contributed by atoms with Crippen LogP contribution < -0.4 is 0 Å². The van der Waals surface area contributed by atoms with E-state index in [1.165, 1.54) is 0 Å². The van der Waals surface area contributed by atoms with E-state index in [1.54, 1.807) is 24.0 Å². The Kier molecular flexibility index (Phi) is 2.74. The fourth-order valence-electron chi connectivity index (χ4n) is 0.841. The van der Waals surface area contributed by atoms with Crippen LogP contribution in [0, 0.1) is 0 Å². The zero-order valence-corrected chi connectivity index (χ0v) is 7.19. The summed E-state index contributed by atoms with van der Waals surface area (Å²) >= 11 is 0. The molecule has 0 atom stereocenters. The highest BCUT2D eigenvalue weighted by molar-refractivity contribution is 5.80. The van der Waals surface area contributed by atoms with Gasteiger partial charge in [-0.2, -0.15) is 0 Å². The van der Waals surface area contributed by atoms with Gasteiger partial charge in [-0.25, -0.2) is 0 Å². The van der Waals surface area contributed by atoms with Crippen molar-refractivity contribution in [3.63, 3.8) is 0 Å². The number of carbonyl (C=O) groups excluding carboxylic acids is 1. The van der Waals surface area contributed by atoms with Gasteiger partial charge < -0.3 is 0 Å². The molecule has 12 heavy (non-hydrogen) atoms. The van der Waals surface area contributed by atoms with E-state index in [4.69, 9.17) is 0 Å². The summed E-state index contributed by atoms with van der Waals surface area (Å²) < 4.78 is 1.60. The summed E-state index contributed by atoms with van der Waals surface area (Å²) in [6, 6.07) is 0. The molecular formula is C8H11N3O. The third-order valence-corrected chi connectivity index (χ3v) is 1.51. The molecule has 64 valence electrons. The molecule has 0 N–H and O–H groups in total. The third kappa shape index (κ3) is 2.02. The van der Waals surface area contributed by atoms with Crippen LogP contribution >= 0.6 is 0 Å². The van der Waals surface area contributed by atoms with Crippen molar-refractivity contribution in [2.45, 2.75) is 13.3 Å². The number of rotatable bonds is 3. The molecule has 0 spiro atoms. The summed E-state index contributed by atoms with van der Waals surface area (Å²) in [6.45, 7) is 1.93. The van der Waals surface area contributed by atoms with Gasteiger partial charge in [-0.15, -0.1) is 5.10 Å². The summed E-state index contributed by atoms with van der Waals surface area (Å²) in [5, 5.41) is 7.57. The van der Waals surface area contributed by atoms with E-state index in [1.807, 2.05) is 6.92 Å². The first-order chi connectivity index (χ1) is 5.76. The van der Waals surface area contributed by atoms with Crippen LogP contribution in [0.3, 0.4) is 0 Å². The van der Waals surface area contributed by atoms with Crippen molar-refractivity contribution in [1.82, 2.24) is 15.0 Å². The number of aromatic nitrogens is 3. The van der Waals surface area contributed by atoms with Crippen molar-refractivity contribution >= 4 is 12.4 Å². The van der Waals surface area contributed by atoms with E-state index in [2.05, 4.69) is 10.3 Å². The van der Waals surface area contributed by atoms with Crippen LogP contribution in [-0.2, 0) is 11.8 Å². The second-order valence-electron chi connectivity index (χ2n) is 2.51. The van der Waals surface area contributed by atoms with Crippen LogP contribution in [0.4, 0.5) is 0 Å². The van der Waals surface area contributed by atoms with Crippen molar-refractivity contribution in [2.24, 2.45) is 7.05 Å². The Labute approximate surface area is 70.9 Å². The minimum absolute atomic E-state index is 0.722. The monoisotopic (exact) mass is 165 g/mol. The first-order valence-corrected chi connectivity index (χ1v) is 3.78. The quantitative estimate of drug-likeness (QED) is 0.492. The first kappa shape index (κ1) is 8.64. The molecule has 0 unspecified atom stereocenters. The number of hydrogen-bond donors (Lipinski definition) is 0. The minimum Gasteiger partial charge on any atom is -0.298 e. The molecule has 0 bridgehead atoms. The van der Waals surface area contributed by atoms with Crippen LogP contribution in [-0.4, -0.2) is 21.3 Å². The highest BCUT2D eigenvalue weighted by Gasteiger charge is 1.95. The Morgan fingerprint density at radius 2 is 2.50 bits per heavy atom. The highest BCUT2D eigenvalue weighted by atomic mass is 16.1. The smallest absolute Gasteiger partial charge is 0.146 e. The summed E-state index contributed by atoms with van der Waals surface area (Å²) in [5.74, 6) is 0. The molecule has 1 aromatic rings. The number of hydrogen-bond acceptors (Lipinski definition) is 3. The second-order valence-corrected chi connectivity index (χ2v) is 2.51. The SMILES string of the molecule is CC/C(C=O)=C\c1cn(C)nn1. The van der Waals surface area contributed by atoms with Gasteiger partial charge in [0.25, 0.3) is 0 Å². The molecule has 1 rings (SSSR count). The number of aldehydes is 1. The maximum atomic E-state index is 10.4. The number of nitrogens with zero attached hydrogens (tertiary/aromatic N) is 3. The van der Waals surface area contributed by atoms with E-state index in [9.17, 15) is 4.79 Å². The highest BCUT2D eigenvalue weighted by Crippen LogP contribution is 2.03. The molecule has 0 radical (unpaired) electrons. The van der Waals surface area contributed by atoms with Crippen molar-refractivity contribution in [2.75, 3.05) is 0 Å². The van der Waals surface area contributed by atoms with Gasteiger partial charge >= 0.3 is 0 Å². The van der Waals surface area contributed by atoms with E-state index < -0.39 is 0 Å². The van der Waals surface area contributed by atoms with Gasteiger partial charge in [-0.3, -0.25) is 9.48 Å². The van der Waals surface area contributed by atoms with E-state index in [0.717, 1.165) is 24.0 Å². The van der Waals surface area contributed by atoms with Gasteiger partial charge in [0.1, 0.15) is 12.0 Å². The van der Waals surface area contributed by atoms with E-state index in [0.29, 0.717) is 0 Å². The lowest BCUT2D eigenvalue weighted by molar-refractivity contribution is -0.104. The Hall–Kier alpha value is -1.45. The first-order valence-electron chi connectivity index (χ1n) is 3.78. The average molecular weight is 165 g/mol. The average Bonchev–Trinajstić information content (AvgIpc) is 2.47. The molecule has 0 fully saturated rings. The summed E-state index contributed by atoms with van der Waals surface area (Å²) in [6.07, 6.45) is 5.06. The molecule has 1 aromatic heterocycles. The molecule has 4 heteroatoms. The number of carbonyl (C=O) groups is 1. The summed E-state index contributed by atoms with van der Waals surface area (Å²) in [4.78, 5) is 10.4. The Balaban J connectivity index is 2.85. The van der Waals surface area contributed by atoms with Crippen molar-refractivity contribution in [1.29, 1.82) is 0 Å². The lowest BCUT2D eigenvalue weighted by Crippen LogP contribution is -1.85. The lowest BCUT2D eigenvalue weighted by atomic mass is 10.2. The zero-order chi connectivity index (χ0) is 8.97. The zero-order valence-electron chi connectivity index (χ0n) is 7.19. The molecular weight excluding hydrogens is 154 g/mol. The predicted molar refractivity (Wildman–Crippen MR) is 45.3 cm³/mol. The fraction of sp³-hybridized carbons (Fsp3) is 0.375. The fourth-order valence-corrected chi connectivity index (χ4v) is 0.841. The Morgan fingerprint density at radius 1 is 1.75 bits per heavy atom. The molecule has 0 saturated heterocycles. The van der Waals surface area contributed by atoms with E-state index >= 15 is 0 Å². The van der Waals surface area contributed by atoms with Crippen molar-refractivity contribution < 1.29 is 4.79 Å².